The number of nitrogens with one attached hydrogen (secondary N) is 1. The van der Waals surface area contributed by atoms with E-state index in [4.69, 9.17) is 0 Å². The van der Waals surface area contributed by atoms with E-state index in [0.717, 1.165) is 22.0 Å². The van der Waals surface area contributed by atoms with Crippen LogP contribution in [0.5, 0.6) is 0 Å². The fraction of sp³-hybridized carbons (Fsp3) is 0.533. The molecule has 0 aromatic heterocycles. The predicted molar refractivity (Wildman–Crippen MR) is 97.1 cm³/mol. The van der Waals surface area contributed by atoms with Crippen LogP contribution in [0.1, 0.15) is 51.0 Å². The van der Waals surface area contributed by atoms with Gasteiger partial charge in [0.25, 0.3) is 0 Å². The standard InChI is InChI=1S/C15H23IN2O2S/c1-2-3-4-5-6-7-11-21(19,20)18-17-13-14-9-8-10-15(16)12-14/h8-10,12-13,18H,2-7,11H2,1H3. The molecule has 0 aliphatic heterocycles. The van der Waals surface area contributed by atoms with Crippen LogP contribution >= 0.6 is 22.6 Å². The number of sulfonamides is 1. The summed E-state index contributed by atoms with van der Waals surface area (Å²) in [5.41, 5.74) is 0.879. The van der Waals surface area contributed by atoms with E-state index in [1.54, 1.807) is 0 Å². The van der Waals surface area contributed by atoms with Crippen LogP contribution in [0.2, 0.25) is 0 Å². The number of hydrogen-bond donors (Lipinski definition) is 1. The van der Waals surface area contributed by atoms with Gasteiger partial charge in [-0.05, 0) is 46.7 Å². The molecule has 0 unspecified atom stereocenters. The summed E-state index contributed by atoms with van der Waals surface area (Å²) in [6.45, 7) is 2.17. The molecular weight excluding hydrogens is 399 g/mol. The van der Waals surface area contributed by atoms with Crippen LogP contribution in [0, 0.1) is 3.57 Å². The SMILES string of the molecule is CCCCCCCCS(=O)(=O)NN=Cc1cccc(I)c1. The number of nitrogens with zero attached hydrogens (tertiary/aromatic N) is 1. The summed E-state index contributed by atoms with van der Waals surface area (Å²) in [4.78, 5) is 2.27. The van der Waals surface area contributed by atoms with Crippen LogP contribution in [0.3, 0.4) is 0 Å². The first-order valence-electron chi connectivity index (χ1n) is 7.31. The number of halogens is 1. The molecule has 0 radical (unpaired) electrons. The predicted octanol–water partition coefficient (Wildman–Crippen LogP) is 3.91. The minimum absolute atomic E-state index is 0.142. The van der Waals surface area contributed by atoms with E-state index in [2.05, 4.69) is 39.4 Å². The van der Waals surface area contributed by atoms with Crippen LogP contribution < -0.4 is 4.83 Å². The molecule has 4 nitrogen and oxygen atoms in total. The molecule has 0 fully saturated rings. The Kier molecular flexibility index (Phi) is 8.91. The zero-order valence-corrected chi connectivity index (χ0v) is 15.4. The van der Waals surface area contributed by atoms with Crippen molar-refractivity contribution in [3.8, 4) is 0 Å². The second kappa shape index (κ2) is 10.2. The highest BCUT2D eigenvalue weighted by Crippen LogP contribution is 2.07. The molecule has 6 heteroatoms. The zero-order valence-electron chi connectivity index (χ0n) is 12.4. The van der Waals surface area contributed by atoms with Crippen molar-refractivity contribution in [1.29, 1.82) is 0 Å². The third-order valence-corrected chi connectivity index (χ3v) is 4.90. The Balaban J connectivity index is 2.29. The summed E-state index contributed by atoms with van der Waals surface area (Å²) < 4.78 is 24.6. The summed E-state index contributed by atoms with van der Waals surface area (Å²) in [5.74, 6) is 0.142. The zero-order chi connectivity index (χ0) is 15.6. The van der Waals surface area contributed by atoms with Gasteiger partial charge in [0.15, 0.2) is 0 Å². The Morgan fingerprint density at radius 2 is 1.90 bits per heavy atom. The number of rotatable bonds is 10. The number of hydrazone groups is 1. The number of benzene rings is 1. The lowest BCUT2D eigenvalue weighted by Crippen LogP contribution is -2.21. The van der Waals surface area contributed by atoms with Gasteiger partial charge >= 0.3 is 0 Å². The molecular formula is C15H23IN2O2S. The third kappa shape index (κ3) is 9.08. The van der Waals surface area contributed by atoms with Crippen LogP contribution in [-0.2, 0) is 10.0 Å². The summed E-state index contributed by atoms with van der Waals surface area (Å²) in [6.07, 6.45) is 7.91. The topological polar surface area (TPSA) is 58.5 Å². The molecule has 118 valence electrons. The quantitative estimate of drug-likeness (QED) is 0.269. The van der Waals surface area contributed by atoms with Crippen molar-refractivity contribution in [2.45, 2.75) is 45.4 Å². The first-order valence-corrected chi connectivity index (χ1v) is 10.0. The maximum absolute atomic E-state index is 11.8. The molecule has 1 N–H and O–H groups in total. The first kappa shape index (κ1) is 18.4. The Labute approximate surface area is 141 Å². The van der Waals surface area contributed by atoms with E-state index in [0.29, 0.717) is 6.42 Å². The third-order valence-electron chi connectivity index (χ3n) is 3.02. The number of unbranched alkanes of at least 4 members (excludes halogenated alkanes) is 5. The molecule has 0 amide bonds. The van der Waals surface area contributed by atoms with Gasteiger partial charge in [0.1, 0.15) is 0 Å². The summed E-state index contributed by atoms with van der Waals surface area (Å²) >= 11 is 2.20. The molecule has 0 aliphatic carbocycles. The van der Waals surface area contributed by atoms with Crippen molar-refractivity contribution in [1.82, 2.24) is 4.83 Å². The fourth-order valence-corrected chi connectivity index (χ4v) is 3.34. The van der Waals surface area contributed by atoms with Crippen molar-refractivity contribution in [2.24, 2.45) is 5.10 Å². The summed E-state index contributed by atoms with van der Waals surface area (Å²) in [7, 11) is -3.30. The van der Waals surface area contributed by atoms with Gasteiger partial charge in [-0.25, -0.2) is 13.2 Å². The van der Waals surface area contributed by atoms with Gasteiger partial charge in [-0.15, -0.1) is 0 Å². The highest BCUT2D eigenvalue weighted by molar-refractivity contribution is 14.1. The lowest BCUT2D eigenvalue weighted by Gasteiger charge is -2.03. The number of hydrogen-bond acceptors (Lipinski definition) is 3. The van der Waals surface area contributed by atoms with Gasteiger partial charge in [0.05, 0.1) is 12.0 Å². The Morgan fingerprint density at radius 1 is 1.19 bits per heavy atom. The van der Waals surface area contributed by atoms with Crippen LogP contribution in [0.4, 0.5) is 0 Å². The van der Waals surface area contributed by atoms with Gasteiger partial charge in [-0.3, -0.25) is 0 Å². The maximum Gasteiger partial charge on any atom is 0.247 e. The lowest BCUT2D eigenvalue weighted by atomic mass is 10.1. The Bertz CT molecular complexity index is 544. The highest BCUT2D eigenvalue weighted by Gasteiger charge is 2.07. The van der Waals surface area contributed by atoms with E-state index in [-0.39, 0.29) is 5.75 Å². The molecule has 0 spiro atoms. The largest absolute Gasteiger partial charge is 0.247 e. The van der Waals surface area contributed by atoms with Crippen molar-refractivity contribution in [2.75, 3.05) is 5.75 Å². The molecule has 1 rings (SSSR count). The lowest BCUT2D eigenvalue weighted by molar-refractivity contribution is 0.573. The minimum Gasteiger partial charge on any atom is -0.205 e. The fourth-order valence-electron chi connectivity index (χ4n) is 1.89. The second-order valence-electron chi connectivity index (χ2n) is 4.99. The van der Waals surface area contributed by atoms with E-state index in [1.165, 1.54) is 25.5 Å². The van der Waals surface area contributed by atoms with E-state index >= 15 is 0 Å². The average Bonchev–Trinajstić information content (AvgIpc) is 2.42. The van der Waals surface area contributed by atoms with Crippen molar-refractivity contribution >= 4 is 38.8 Å². The Morgan fingerprint density at radius 3 is 2.62 bits per heavy atom. The Hall–Kier alpha value is -0.630. The monoisotopic (exact) mass is 422 g/mol. The molecule has 0 atom stereocenters. The normalized spacial score (nSPS) is 11.9. The van der Waals surface area contributed by atoms with Crippen molar-refractivity contribution in [3.63, 3.8) is 0 Å². The van der Waals surface area contributed by atoms with E-state index in [9.17, 15) is 8.42 Å². The van der Waals surface area contributed by atoms with Gasteiger partial charge < -0.3 is 0 Å². The molecule has 0 heterocycles. The van der Waals surface area contributed by atoms with E-state index < -0.39 is 10.0 Å². The van der Waals surface area contributed by atoms with Crippen LogP contribution in [0.25, 0.3) is 0 Å². The minimum atomic E-state index is -3.30. The van der Waals surface area contributed by atoms with Crippen molar-refractivity contribution in [3.05, 3.63) is 33.4 Å². The van der Waals surface area contributed by atoms with Gasteiger partial charge in [0.2, 0.25) is 10.0 Å². The smallest absolute Gasteiger partial charge is 0.205 e. The molecule has 21 heavy (non-hydrogen) atoms. The average molecular weight is 422 g/mol. The molecule has 1 aromatic rings. The highest BCUT2D eigenvalue weighted by atomic mass is 127. The second-order valence-corrected chi connectivity index (χ2v) is 8.06. The molecule has 0 saturated heterocycles. The molecule has 1 aromatic carbocycles. The maximum atomic E-state index is 11.8. The van der Waals surface area contributed by atoms with Crippen molar-refractivity contribution < 1.29 is 8.42 Å². The van der Waals surface area contributed by atoms with Gasteiger partial charge in [0, 0.05) is 3.57 Å². The van der Waals surface area contributed by atoms with Gasteiger partial charge in [-0.1, -0.05) is 51.2 Å². The summed E-state index contributed by atoms with van der Waals surface area (Å²) in [6, 6.07) is 7.70. The van der Waals surface area contributed by atoms with E-state index in [1.807, 2.05) is 24.3 Å². The first-order chi connectivity index (χ1) is 10.0. The molecule has 0 aliphatic rings. The van der Waals surface area contributed by atoms with Crippen LogP contribution in [-0.4, -0.2) is 20.4 Å². The summed E-state index contributed by atoms with van der Waals surface area (Å²) in [5, 5.41) is 3.82. The molecule has 0 saturated carbocycles. The van der Waals surface area contributed by atoms with Gasteiger partial charge in [-0.2, -0.15) is 5.10 Å². The molecule has 0 bridgehead atoms. The van der Waals surface area contributed by atoms with Crippen LogP contribution in [0.15, 0.2) is 29.4 Å².